The van der Waals surface area contributed by atoms with Crippen LogP contribution in [-0.4, -0.2) is 18.7 Å². The summed E-state index contributed by atoms with van der Waals surface area (Å²) in [6.45, 7) is 0. The Bertz CT molecular complexity index is 672. The topological polar surface area (TPSA) is 73.9 Å². The molecule has 5 nitrogen and oxygen atoms in total. The standard InChI is InChI=1S/C15H13FN2O3/c1-20-18-14(15(17)19)12-9-10(16)7-8-13(12)21-11-5-3-2-4-6-11/h2-9H,1H3,(H2,17,19)/b18-14-. The minimum atomic E-state index is -0.847. The molecular weight excluding hydrogens is 275 g/mol. The van der Waals surface area contributed by atoms with Gasteiger partial charge in [-0.15, -0.1) is 0 Å². The van der Waals surface area contributed by atoms with Crippen molar-refractivity contribution in [3.63, 3.8) is 0 Å². The molecule has 0 radical (unpaired) electrons. The molecule has 21 heavy (non-hydrogen) atoms. The first-order valence-electron chi connectivity index (χ1n) is 6.05. The minimum absolute atomic E-state index is 0.119. The molecule has 6 heteroatoms. The summed E-state index contributed by atoms with van der Waals surface area (Å²) in [7, 11) is 1.26. The summed E-state index contributed by atoms with van der Waals surface area (Å²) in [4.78, 5) is 16.0. The number of primary amides is 1. The maximum absolute atomic E-state index is 13.4. The fraction of sp³-hybridized carbons (Fsp3) is 0.0667. The monoisotopic (exact) mass is 288 g/mol. The van der Waals surface area contributed by atoms with Crippen LogP contribution in [0, 0.1) is 5.82 Å². The Morgan fingerprint density at radius 1 is 1.19 bits per heavy atom. The van der Waals surface area contributed by atoms with Crippen LogP contribution in [0.25, 0.3) is 0 Å². The van der Waals surface area contributed by atoms with Crippen molar-refractivity contribution in [2.45, 2.75) is 0 Å². The number of oxime groups is 1. The average molecular weight is 288 g/mol. The Labute approximate surface area is 120 Å². The molecule has 2 aromatic carbocycles. The van der Waals surface area contributed by atoms with Crippen LogP contribution in [0.3, 0.4) is 0 Å². The number of amides is 1. The van der Waals surface area contributed by atoms with E-state index < -0.39 is 11.7 Å². The Kier molecular flexibility index (Phi) is 4.50. The number of benzene rings is 2. The number of hydrogen-bond donors (Lipinski definition) is 1. The summed E-state index contributed by atoms with van der Waals surface area (Å²) < 4.78 is 19.1. The van der Waals surface area contributed by atoms with Gasteiger partial charge in [-0.25, -0.2) is 4.39 Å². The van der Waals surface area contributed by atoms with E-state index in [2.05, 4.69) is 9.99 Å². The molecule has 0 aromatic heterocycles. The van der Waals surface area contributed by atoms with E-state index in [1.54, 1.807) is 24.3 Å². The van der Waals surface area contributed by atoms with Gasteiger partial charge in [0.25, 0.3) is 5.91 Å². The lowest BCUT2D eigenvalue weighted by atomic mass is 10.1. The first kappa shape index (κ1) is 14.5. The van der Waals surface area contributed by atoms with Crippen LogP contribution in [0.4, 0.5) is 4.39 Å². The molecule has 0 unspecified atom stereocenters. The van der Waals surface area contributed by atoms with Crippen molar-refractivity contribution in [2.24, 2.45) is 10.9 Å². The molecule has 0 aliphatic rings. The quantitative estimate of drug-likeness (QED) is 0.678. The van der Waals surface area contributed by atoms with Crippen LogP contribution in [0.1, 0.15) is 5.56 Å². The highest BCUT2D eigenvalue weighted by atomic mass is 19.1. The fourth-order valence-electron chi connectivity index (χ4n) is 1.71. The smallest absolute Gasteiger partial charge is 0.271 e. The molecule has 108 valence electrons. The average Bonchev–Trinajstić information content (AvgIpc) is 2.47. The second-order valence-electron chi connectivity index (χ2n) is 4.04. The number of carbonyl (C=O) groups excluding carboxylic acids is 1. The zero-order chi connectivity index (χ0) is 15.2. The van der Waals surface area contributed by atoms with Crippen molar-refractivity contribution in [1.82, 2.24) is 0 Å². The lowest BCUT2D eigenvalue weighted by Gasteiger charge is -2.11. The van der Waals surface area contributed by atoms with E-state index in [0.717, 1.165) is 6.07 Å². The van der Waals surface area contributed by atoms with Gasteiger partial charge < -0.3 is 15.3 Å². The van der Waals surface area contributed by atoms with Gasteiger partial charge in [-0.1, -0.05) is 23.4 Å². The third-order valence-corrected chi connectivity index (χ3v) is 2.58. The molecule has 2 aromatic rings. The first-order chi connectivity index (χ1) is 10.1. The molecule has 0 bridgehead atoms. The van der Waals surface area contributed by atoms with Crippen molar-refractivity contribution in [1.29, 1.82) is 0 Å². The van der Waals surface area contributed by atoms with Gasteiger partial charge in [0.1, 0.15) is 24.4 Å². The first-order valence-corrected chi connectivity index (χ1v) is 6.05. The molecule has 0 saturated carbocycles. The highest BCUT2D eigenvalue weighted by Crippen LogP contribution is 2.26. The van der Waals surface area contributed by atoms with E-state index in [0.29, 0.717) is 5.75 Å². The van der Waals surface area contributed by atoms with Gasteiger partial charge in [0.15, 0.2) is 5.71 Å². The highest BCUT2D eigenvalue weighted by molar-refractivity contribution is 6.45. The van der Waals surface area contributed by atoms with Gasteiger partial charge in [-0.3, -0.25) is 4.79 Å². The lowest BCUT2D eigenvalue weighted by molar-refractivity contribution is -0.112. The number of nitrogens with two attached hydrogens (primary N) is 1. The molecule has 0 spiro atoms. The van der Waals surface area contributed by atoms with E-state index >= 15 is 0 Å². The zero-order valence-electron chi connectivity index (χ0n) is 11.2. The molecule has 2 rings (SSSR count). The van der Waals surface area contributed by atoms with Gasteiger partial charge in [0, 0.05) is 0 Å². The highest BCUT2D eigenvalue weighted by Gasteiger charge is 2.18. The van der Waals surface area contributed by atoms with Crippen molar-refractivity contribution in [3.8, 4) is 11.5 Å². The largest absolute Gasteiger partial charge is 0.457 e. The van der Waals surface area contributed by atoms with E-state index in [4.69, 9.17) is 10.5 Å². The van der Waals surface area contributed by atoms with E-state index in [1.807, 2.05) is 6.07 Å². The number of nitrogens with zero attached hydrogens (tertiary/aromatic N) is 1. The predicted octanol–water partition coefficient (Wildman–Crippen LogP) is 2.45. The Hall–Kier alpha value is -2.89. The van der Waals surface area contributed by atoms with Crippen LogP contribution in [0.5, 0.6) is 11.5 Å². The van der Waals surface area contributed by atoms with Gasteiger partial charge in [0.2, 0.25) is 0 Å². The van der Waals surface area contributed by atoms with E-state index in [9.17, 15) is 9.18 Å². The number of hydrogen-bond acceptors (Lipinski definition) is 4. The zero-order valence-corrected chi connectivity index (χ0v) is 11.2. The molecular formula is C15H13FN2O3. The predicted molar refractivity (Wildman–Crippen MR) is 75.7 cm³/mol. The minimum Gasteiger partial charge on any atom is -0.457 e. The third-order valence-electron chi connectivity index (χ3n) is 2.58. The summed E-state index contributed by atoms with van der Waals surface area (Å²) in [5.74, 6) is -0.611. The van der Waals surface area contributed by atoms with Crippen LogP contribution in [-0.2, 0) is 9.63 Å². The van der Waals surface area contributed by atoms with Crippen molar-refractivity contribution >= 4 is 11.6 Å². The number of para-hydroxylation sites is 1. The molecule has 0 heterocycles. The van der Waals surface area contributed by atoms with Crippen LogP contribution < -0.4 is 10.5 Å². The molecule has 0 atom stereocenters. The summed E-state index contributed by atoms with van der Waals surface area (Å²) in [5, 5.41) is 3.53. The number of ether oxygens (including phenoxy) is 1. The van der Waals surface area contributed by atoms with Crippen molar-refractivity contribution in [2.75, 3.05) is 7.11 Å². The molecule has 1 amide bonds. The Balaban J connectivity index is 2.47. The summed E-state index contributed by atoms with van der Waals surface area (Å²) in [6, 6.07) is 12.6. The van der Waals surface area contributed by atoms with E-state index in [-0.39, 0.29) is 17.0 Å². The maximum Gasteiger partial charge on any atom is 0.271 e. The van der Waals surface area contributed by atoms with E-state index in [1.165, 1.54) is 19.2 Å². The molecule has 2 N–H and O–H groups in total. The van der Waals surface area contributed by atoms with Crippen LogP contribution in [0.15, 0.2) is 53.7 Å². The number of halogens is 1. The summed E-state index contributed by atoms with van der Waals surface area (Å²) >= 11 is 0. The van der Waals surface area contributed by atoms with Gasteiger partial charge in [-0.2, -0.15) is 0 Å². The SMILES string of the molecule is CO/N=C(\C(N)=O)c1cc(F)ccc1Oc1ccccc1. The normalized spacial score (nSPS) is 11.0. The second-order valence-corrected chi connectivity index (χ2v) is 4.04. The van der Waals surface area contributed by atoms with Crippen LogP contribution in [0.2, 0.25) is 0 Å². The maximum atomic E-state index is 13.4. The lowest BCUT2D eigenvalue weighted by Crippen LogP contribution is -2.25. The summed E-state index contributed by atoms with van der Waals surface area (Å²) in [6.07, 6.45) is 0. The third kappa shape index (κ3) is 3.56. The van der Waals surface area contributed by atoms with Gasteiger partial charge in [0.05, 0.1) is 5.56 Å². The van der Waals surface area contributed by atoms with Crippen molar-refractivity contribution in [3.05, 3.63) is 59.9 Å². The molecule has 0 saturated heterocycles. The number of carbonyl (C=O) groups is 1. The van der Waals surface area contributed by atoms with Crippen LogP contribution >= 0.6 is 0 Å². The number of rotatable bonds is 5. The Morgan fingerprint density at radius 3 is 2.52 bits per heavy atom. The summed E-state index contributed by atoms with van der Waals surface area (Å²) in [5.41, 5.74) is 5.14. The molecule has 0 fully saturated rings. The van der Waals surface area contributed by atoms with Crippen molar-refractivity contribution < 1.29 is 18.8 Å². The second kappa shape index (κ2) is 6.51. The Morgan fingerprint density at radius 2 is 1.90 bits per heavy atom. The molecule has 0 aliphatic heterocycles. The molecule has 0 aliphatic carbocycles. The van der Waals surface area contributed by atoms with Gasteiger partial charge >= 0.3 is 0 Å². The van der Waals surface area contributed by atoms with Gasteiger partial charge in [-0.05, 0) is 30.3 Å². The fourth-order valence-corrected chi connectivity index (χ4v) is 1.71.